The molecule has 0 saturated carbocycles. The molecule has 2 amide bonds. The Morgan fingerprint density at radius 3 is 2.36 bits per heavy atom. The Labute approximate surface area is 141 Å². The van der Waals surface area contributed by atoms with E-state index in [2.05, 4.69) is 5.32 Å². The molecule has 0 aliphatic rings. The Morgan fingerprint density at radius 1 is 1.18 bits per heavy atom. The second-order valence-electron chi connectivity index (χ2n) is 4.94. The number of amides is 2. The van der Waals surface area contributed by atoms with Crippen LogP contribution in [0.1, 0.15) is 39.2 Å². The molecule has 22 heavy (non-hydrogen) atoms. The van der Waals surface area contributed by atoms with Gasteiger partial charge in [0.2, 0.25) is 11.8 Å². The van der Waals surface area contributed by atoms with Crippen LogP contribution in [0, 0.1) is 0 Å². The summed E-state index contributed by atoms with van der Waals surface area (Å²) in [6.45, 7) is 6.41. The van der Waals surface area contributed by atoms with Crippen molar-refractivity contribution >= 4 is 35.0 Å². The highest BCUT2D eigenvalue weighted by Gasteiger charge is 2.27. The van der Waals surface area contributed by atoms with Crippen molar-refractivity contribution in [2.45, 2.75) is 46.2 Å². The predicted molar refractivity (Wildman–Crippen MR) is 90.1 cm³/mol. The number of nitrogens with zero attached hydrogens (tertiary/aromatic N) is 1. The summed E-state index contributed by atoms with van der Waals surface area (Å²) >= 11 is 11.9. The molecule has 1 aromatic carbocycles. The average molecular weight is 345 g/mol. The lowest BCUT2D eigenvalue weighted by atomic mass is 10.1. The molecule has 4 nitrogen and oxygen atoms in total. The molecule has 6 heteroatoms. The largest absolute Gasteiger partial charge is 0.355 e. The van der Waals surface area contributed by atoms with Crippen LogP contribution in [0.5, 0.6) is 0 Å². The van der Waals surface area contributed by atoms with Crippen molar-refractivity contribution in [3.05, 3.63) is 33.8 Å². The number of hydrogen-bond acceptors (Lipinski definition) is 2. The molecule has 0 heterocycles. The van der Waals surface area contributed by atoms with E-state index in [4.69, 9.17) is 23.2 Å². The van der Waals surface area contributed by atoms with Crippen LogP contribution in [0.25, 0.3) is 0 Å². The van der Waals surface area contributed by atoms with Crippen LogP contribution in [0.2, 0.25) is 10.0 Å². The highest BCUT2D eigenvalue weighted by Crippen LogP contribution is 2.24. The monoisotopic (exact) mass is 344 g/mol. The smallest absolute Gasteiger partial charge is 0.242 e. The molecule has 0 unspecified atom stereocenters. The van der Waals surface area contributed by atoms with Gasteiger partial charge in [0.15, 0.2) is 0 Å². The molecular weight excluding hydrogens is 323 g/mol. The summed E-state index contributed by atoms with van der Waals surface area (Å²) in [5, 5.41) is 3.69. The van der Waals surface area contributed by atoms with Gasteiger partial charge in [0, 0.05) is 19.5 Å². The van der Waals surface area contributed by atoms with Crippen LogP contribution in [-0.2, 0) is 16.1 Å². The number of halogens is 2. The molecule has 1 rings (SSSR count). The van der Waals surface area contributed by atoms with Gasteiger partial charge in [-0.25, -0.2) is 0 Å². The van der Waals surface area contributed by atoms with E-state index in [0.717, 1.165) is 5.56 Å². The topological polar surface area (TPSA) is 49.4 Å². The lowest BCUT2D eigenvalue weighted by molar-refractivity contribution is -0.141. The standard InChI is InChI=1S/C16H22Cl2N2O2/c1-4-14(16(22)19-6-3)20(15(21)5-2)10-11-7-8-12(17)13(18)9-11/h7-9,14H,4-6,10H2,1-3H3,(H,19,22)/t14-/m1/s1. The van der Waals surface area contributed by atoms with E-state index >= 15 is 0 Å². The average Bonchev–Trinajstić information content (AvgIpc) is 2.50. The van der Waals surface area contributed by atoms with Gasteiger partial charge in [-0.05, 0) is 31.0 Å². The molecule has 0 saturated heterocycles. The molecule has 1 aromatic rings. The highest BCUT2D eigenvalue weighted by molar-refractivity contribution is 6.42. The summed E-state index contributed by atoms with van der Waals surface area (Å²) in [5.41, 5.74) is 0.846. The zero-order chi connectivity index (χ0) is 16.7. The Balaban J connectivity index is 3.03. The first-order valence-electron chi connectivity index (χ1n) is 7.45. The maximum Gasteiger partial charge on any atom is 0.242 e. The molecule has 0 aliphatic carbocycles. The predicted octanol–water partition coefficient (Wildman–Crippen LogP) is 3.65. The molecule has 0 aromatic heterocycles. The Morgan fingerprint density at radius 2 is 1.86 bits per heavy atom. The van der Waals surface area contributed by atoms with Crippen LogP contribution < -0.4 is 5.32 Å². The van der Waals surface area contributed by atoms with Crippen LogP contribution in [0.3, 0.4) is 0 Å². The number of carbonyl (C=O) groups is 2. The first kappa shape index (κ1) is 18.8. The van der Waals surface area contributed by atoms with E-state index in [9.17, 15) is 9.59 Å². The molecule has 122 valence electrons. The zero-order valence-electron chi connectivity index (χ0n) is 13.2. The summed E-state index contributed by atoms with van der Waals surface area (Å²) in [6, 6.07) is 4.75. The molecule has 0 bridgehead atoms. The maximum absolute atomic E-state index is 12.3. The summed E-state index contributed by atoms with van der Waals surface area (Å²) in [4.78, 5) is 26.1. The Bertz CT molecular complexity index is 535. The molecule has 1 atom stereocenters. The van der Waals surface area contributed by atoms with Gasteiger partial charge >= 0.3 is 0 Å². The number of benzene rings is 1. The summed E-state index contributed by atoms with van der Waals surface area (Å²) in [7, 11) is 0. The fraction of sp³-hybridized carbons (Fsp3) is 0.500. The van der Waals surface area contributed by atoms with E-state index in [1.54, 1.807) is 24.0 Å². The van der Waals surface area contributed by atoms with Crippen molar-refractivity contribution in [3.63, 3.8) is 0 Å². The third kappa shape index (κ3) is 4.89. The van der Waals surface area contributed by atoms with Crippen molar-refractivity contribution in [1.82, 2.24) is 10.2 Å². The molecule has 0 fully saturated rings. The van der Waals surface area contributed by atoms with Gasteiger partial charge in [-0.15, -0.1) is 0 Å². The van der Waals surface area contributed by atoms with E-state index in [1.807, 2.05) is 19.9 Å². The Hall–Kier alpha value is -1.26. The second-order valence-corrected chi connectivity index (χ2v) is 5.76. The number of carbonyl (C=O) groups excluding carboxylic acids is 2. The number of rotatable bonds is 7. The van der Waals surface area contributed by atoms with Crippen molar-refractivity contribution in [1.29, 1.82) is 0 Å². The zero-order valence-corrected chi connectivity index (χ0v) is 14.7. The first-order chi connectivity index (χ1) is 10.4. The number of hydrogen-bond donors (Lipinski definition) is 1. The number of nitrogens with one attached hydrogen (secondary N) is 1. The van der Waals surface area contributed by atoms with Crippen LogP contribution in [0.15, 0.2) is 18.2 Å². The first-order valence-corrected chi connectivity index (χ1v) is 8.21. The fourth-order valence-corrected chi connectivity index (χ4v) is 2.57. The summed E-state index contributed by atoms with van der Waals surface area (Å²) in [5.74, 6) is -0.198. The van der Waals surface area contributed by atoms with Crippen molar-refractivity contribution in [2.75, 3.05) is 6.54 Å². The minimum absolute atomic E-state index is 0.0656. The minimum atomic E-state index is -0.484. The van der Waals surface area contributed by atoms with Crippen molar-refractivity contribution < 1.29 is 9.59 Å². The van der Waals surface area contributed by atoms with E-state index in [-0.39, 0.29) is 11.8 Å². The third-order valence-corrected chi connectivity index (χ3v) is 4.12. The molecular formula is C16H22Cl2N2O2. The SMILES string of the molecule is CCNC(=O)[C@@H](CC)N(Cc1ccc(Cl)c(Cl)c1)C(=O)CC. The maximum atomic E-state index is 12.3. The molecule has 1 N–H and O–H groups in total. The normalized spacial score (nSPS) is 11.9. The fourth-order valence-electron chi connectivity index (χ4n) is 2.25. The molecule has 0 aliphatic heterocycles. The lowest BCUT2D eigenvalue weighted by Crippen LogP contribution is -2.48. The van der Waals surface area contributed by atoms with Crippen LogP contribution in [0.4, 0.5) is 0 Å². The summed E-state index contributed by atoms with van der Waals surface area (Å²) < 4.78 is 0. The van der Waals surface area contributed by atoms with E-state index in [0.29, 0.717) is 36.0 Å². The third-order valence-electron chi connectivity index (χ3n) is 3.38. The van der Waals surface area contributed by atoms with Gasteiger partial charge in [-0.1, -0.05) is 43.1 Å². The lowest BCUT2D eigenvalue weighted by Gasteiger charge is -2.30. The summed E-state index contributed by atoms with van der Waals surface area (Å²) in [6.07, 6.45) is 0.899. The van der Waals surface area contributed by atoms with E-state index in [1.165, 1.54) is 0 Å². The molecule has 0 spiro atoms. The van der Waals surface area contributed by atoms with Crippen LogP contribution in [-0.4, -0.2) is 29.3 Å². The van der Waals surface area contributed by atoms with E-state index < -0.39 is 6.04 Å². The molecule has 0 radical (unpaired) electrons. The van der Waals surface area contributed by atoms with Gasteiger partial charge in [-0.3, -0.25) is 9.59 Å². The van der Waals surface area contributed by atoms with Crippen LogP contribution >= 0.6 is 23.2 Å². The van der Waals surface area contributed by atoms with Crippen molar-refractivity contribution in [3.8, 4) is 0 Å². The second kappa shape index (κ2) is 9.01. The minimum Gasteiger partial charge on any atom is -0.355 e. The quantitative estimate of drug-likeness (QED) is 0.820. The van der Waals surface area contributed by atoms with Gasteiger partial charge in [0.05, 0.1) is 10.0 Å². The van der Waals surface area contributed by atoms with Gasteiger partial charge in [0.25, 0.3) is 0 Å². The van der Waals surface area contributed by atoms with Gasteiger partial charge in [0.1, 0.15) is 6.04 Å². The highest BCUT2D eigenvalue weighted by atomic mass is 35.5. The van der Waals surface area contributed by atoms with Gasteiger partial charge < -0.3 is 10.2 Å². The Kier molecular flexibility index (Phi) is 7.69. The van der Waals surface area contributed by atoms with Crippen molar-refractivity contribution in [2.24, 2.45) is 0 Å². The number of likely N-dealkylation sites (N-methyl/N-ethyl adjacent to an activating group) is 1. The van der Waals surface area contributed by atoms with Gasteiger partial charge in [-0.2, -0.15) is 0 Å².